The molecule has 5 heteroatoms. The zero-order chi connectivity index (χ0) is 21.9. The molecule has 0 spiro atoms. The van der Waals surface area contributed by atoms with Gasteiger partial charge in [0.05, 0.1) is 5.69 Å². The zero-order valence-corrected chi connectivity index (χ0v) is 17.1. The number of fused-ring (bicyclic) bond motifs is 1. The molecule has 1 aromatic heterocycles. The molecular weight excluding hydrogens is 403 g/mol. The van der Waals surface area contributed by atoms with Gasteiger partial charge in [-0.15, -0.1) is 0 Å². The molecule has 0 aliphatic carbocycles. The van der Waals surface area contributed by atoms with Crippen LogP contribution in [0.25, 0.3) is 27.7 Å². The van der Waals surface area contributed by atoms with Crippen LogP contribution in [0.15, 0.2) is 103 Å². The number of carbonyl (C=O) groups excluding carboxylic acids is 1. The number of hydrogen-bond donors (Lipinski definition) is 0. The maximum absolute atomic E-state index is 13.5. The molecule has 4 nitrogen and oxygen atoms in total. The van der Waals surface area contributed by atoms with Crippen molar-refractivity contribution in [3.63, 3.8) is 0 Å². The summed E-state index contributed by atoms with van der Waals surface area (Å²) in [6.07, 6.45) is 1.65. The topological polar surface area (TPSA) is 44.1 Å². The van der Waals surface area contributed by atoms with Crippen LogP contribution in [-0.4, -0.2) is 15.7 Å². The minimum Gasteiger partial charge on any atom is -0.457 e. The van der Waals surface area contributed by atoms with Crippen LogP contribution >= 0.6 is 0 Å². The standard InChI is InChI=1S/C27H19FN2O2/c28-22-15-13-20(14-16-22)26-25(17-30(29-26)23-10-2-1-3-11-23)27(31)32-18-21-9-6-8-19-7-4-5-12-24(19)21/h1-17H,18H2. The second-order valence-corrected chi connectivity index (χ2v) is 7.39. The fraction of sp³-hybridized carbons (Fsp3) is 0.0370. The van der Waals surface area contributed by atoms with E-state index in [-0.39, 0.29) is 12.4 Å². The van der Waals surface area contributed by atoms with E-state index < -0.39 is 5.97 Å². The molecule has 0 bridgehead atoms. The van der Waals surface area contributed by atoms with Gasteiger partial charge in [0.25, 0.3) is 0 Å². The molecular formula is C27H19FN2O2. The molecule has 4 aromatic carbocycles. The summed E-state index contributed by atoms with van der Waals surface area (Å²) in [4.78, 5) is 13.1. The minimum atomic E-state index is -0.487. The summed E-state index contributed by atoms with van der Waals surface area (Å²) in [5.41, 5.74) is 3.13. The van der Waals surface area contributed by atoms with Crippen molar-refractivity contribution in [2.24, 2.45) is 0 Å². The lowest BCUT2D eigenvalue weighted by Crippen LogP contribution is -2.06. The summed E-state index contributed by atoms with van der Waals surface area (Å²) in [6, 6.07) is 29.3. The fourth-order valence-corrected chi connectivity index (χ4v) is 3.70. The molecule has 0 amide bonds. The van der Waals surface area contributed by atoms with Gasteiger partial charge in [0, 0.05) is 11.8 Å². The summed E-state index contributed by atoms with van der Waals surface area (Å²) in [5, 5.41) is 6.73. The molecule has 0 aliphatic rings. The molecule has 0 radical (unpaired) electrons. The van der Waals surface area contributed by atoms with Gasteiger partial charge in [-0.05, 0) is 52.7 Å². The number of aromatic nitrogens is 2. The Morgan fingerprint density at radius 1 is 0.844 bits per heavy atom. The second kappa shape index (κ2) is 8.47. The predicted octanol–water partition coefficient (Wildman–Crippen LogP) is 6.19. The smallest absolute Gasteiger partial charge is 0.342 e. The Morgan fingerprint density at radius 2 is 1.56 bits per heavy atom. The predicted molar refractivity (Wildman–Crippen MR) is 122 cm³/mol. The van der Waals surface area contributed by atoms with Crippen LogP contribution in [0.4, 0.5) is 4.39 Å². The van der Waals surface area contributed by atoms with Crippen molar-refractivity contribution < 1.29 is 13.9 Å². The van der Waals surface area contributed by atoms with E-state index in [0.717, 1.165) is 22.0 Å². The summed E-state index contributed by atoms with van der Waals surface area (Å²) < 4.78 is 20.8. The van der Waals surface area contributed by atoms with Crippen LogP contribution in [0, 0.1) is 5.82 Å². The molecule has 0 aliphatic heterocycles. The van der Waals surface area contributed by atoms with Crippen molar-refractivity contribution in [2.45, 2.75) is 6.61 Å². The van der Waals surface area contributed by atoms with E-state index >= 15 is 0 Å². The molecule has 5 aromatic rings. The molecule has 0 saturated carbocycles. The first kappa shape index (κ1) is 19.7. The van der Waals surface area contributed by atoms with Gasteiger partial charge < -0.3 is 4.74 Å². The van der Waals surface area contributed by atoms with E-state index in [0.29, 0.717) is 16.8 Å². The number of carbonyl (C=O) groups is 1. The van der Waals surface area contributed by atoms with Gasteiger partial charge in [-0.2, -0.15) is 5.10 Å². The third kappa shape index (κ3) is 3.88. The number of hydrogen-bond acceptors (Lipinski definition) is 3. The highest BCUT2D eigenvalue weighted by Crippen LogP contribution is 2.26. The Hall–Kier alpha value is -4.25. The van der Waals surface area contributed by atoms with Gasteiger partial charge in [0.2, 0.25) is 0 Å². The highest BCUT2D eigenvalue weighted by Gasteiger charge is 2.20. The number of halogens is 1. The van der Waals surface area contributed by atoms with Crippen LogP contribution < -0.4 is 0 Å². The lowest BCUT2D eigenvalue weighted by Gasteiger charge is -2.08. The molecule has 0 atom stereocenters. The maximum atomic E-state index is 13.5. The van der Waals surface area contributed by atoms with E-state index in [2.05, 4.69) is 5.10 Å². The molecule has 5 rings (SSSR count). The van der Waals surface area contributed by atoms with Crippen molar-refractivity contribution in [2.75, 3.05) is 0 Å². The molecule has 1 heterocycles. The number of para-hydroxylation sites is 1. The van der Waals surface area contributed by atoms with Crippen molar-refractivity contribution in [1.29, 1.82) is 0 Å². The first-order valence-electron chi connectivity index (χ1n) is 10.2. The molecule has 0 saturated heterocycles. The third-order valence-corrected chi connectivity index (χ3v) is 5.31. The van der Waals surface area contributed by atoms with Crippen LogP contribution in [0.1, 0.15) is 15.9 Å². The van der Waals surface area contributed by atoms with Crippen molar-refractivity contribution in [1.82, 2.24) is 9.78 Å². The van der Waals surface area contributed by atoms with E-state index in [9.17, 15) is 9.18 Å². The van der Waals surface area contributed by atoms with Gasteiger partial charge >= 0.3 is 5.97 Å². The van der Waals surface area contributed by atoms with Crippen molar-refractivity contribution in [3.05, 3.63) is 120 Å². The number of esters is 1. The van der Waals surface area contributed by atoms with Crippen LogP contribution in [0.3, 0.4) is 0 Å². The largest absolute Gasteiger partial charge is 0.457 e. The summed E-state index contributed by atoms with van der Waals surface area (Å²) >= 11 is 0. The van der Waals surface area contributed by atoms with Crippen LogP contribution in [0.2, 0.25) is 0 Å². The van der Waals surface area contributed by atoms with Crippen LogP contribution in [-0.2, 0) is 11.3 Å². The molecule has 156 valence electrons. The van der Waals surface area contributed by atoms with Crippen LogP contribution in [0.5, 0.6) is 0 Å². The number of ether oxygens (including phenoxy) is 1. The molecule has 0 N–H and O–H groups in total. The van der Waals surface area contributed by atoms with E-state index in [4.69, 9.17) is 4.74 Å². The Morgan fingerprint density at radius 3 is 2.38 bits per heavy atom. The number of nitrogens with zero attached hydrogens (tertiary/aromatic N) is 2. The highest BCUT2D eigenvalue weighted by atomic mass is 19.1. The Balaban J connectivity index is 1.49. The average Bonchev–Trinajstić information content (AvgIpc) is 3.29. The first-order valence-corrected chi connectivity index (χ1v) is 10.2. The van der Waals surface area contributed by atoms with Gasteiger partial charge in [0.15, 0.2) is 0 Å². The minimum absolute atomic E-state index is 0.138. The quantitative estimate of drug-likeness (QED) is 0.317. The molecule has 32 heavy (non-hydrogen) atoms. The first-order chi connectivity index (χ1) is 15.7. The summed E-state index contributed by atoms with van der Waals surface area (Å²) in [7, 11) is 0. The second-order valence-electron chi connectivity index (χ2n) is 7.39. The van der Waals surface area contributed by atoms with Gasteiger partial charge in [0.1, 0.15) is 23.7 Å². The van der Waals surface area contributed by atoms with E-state index in [1.165, 1.54) is 12.1 Å². The van der Waals surface area contributed by atoms with Gasteiger partial charge in [-0.3, -0.25) is 0 Å². The van der Waals surface area contributed by atoms with Crippen molar-refractivity contribution >= 4 is 16.7 Å². The lowest BCUT2D eigenvalue weighted by atomic mass is 10.1. The van der Waals surface area contributed by atoms with E-state index in [1.807, 2.05) is 72.8 Å². The number of benzene rings is 4. The normalized spacial score (nSPS) is 10.9. The SMILES string of the molecule is O=C(OCc1cccc2ccccc12)c1cn(-c2ccccc2)nc1-c1ccc(F)cc1. The van der Waals surface area contributed by atoms with Gasteiger partial charge in [-0.25, -0.2) is 13.9 Å². The third-order valence-electron chi connectivity index (χ3n) is 5.31. The Kier molecular flexibility index (Phi) is 5.22. The molecule has 0 fully saturated rings. The van der Waals surface area contributed by atoms with E-state index in [1.54, 1.807) is 23.0 Å². The number of rotatable bonds is 5. The van der Waals surface area contributed by atoms with Crippen molar-refractivity contribution in [3.8, 4) is 16.9 Å². The monoisotopic (exact) mass is 422 g/mol. The highest BCUT2D eigenvalue weighted by molar-refractivity contribution is 5.96. The molecule has 0 unspecified atom stereocenters. The Bertz CT molecular complexity index is 1390. The average molecular weight is 422 g/mol. The zero-order valence-electron chi connectivity index (χ0n) is 17.1. The van der Waals surface area contributed by atoms with Gasteiger partial charge in [-0.1, -0.05) is 60.7 Å². The fourth-order valence-electron chi connectivity index (χ4n) is 3.70. The maximum Gasteiger partial charge on any atom is 0.342 e. The summed E-state index contributed by atoms with van der Waals surface area (Å²) in [5.74, 6) is -0.837. The Labute approximate surface area is 184 Å². The lowest BCUT2D eigenvalue weighted by molar-refractivity contribution is 0.0475. The summed E-state index contributed by atoms with van der Waals surface area (Å²) in [6.45, 7) is 0.138.